The zero-order valence-corrected chi connectivity index (χ0v) is 14.5. The molecule has 1 amide bonds. The van der Waals surface area contributed by atoms with Crippen molar-refractivity contribution in [1.82, 2.24) is 4.90 Å². The molecule has 1 saturated heterocycles. The van der Waals surface area contributed by atoms with Crippen molar-refractivity contribution < 1.29 is 14.3 Å². The average Bonchev–Trinajstić information content (AvgIpc) is 2.99. The van der Waals surface area contributed by atoms with Gasteiger partial charge in [0.1, 0.15) is 11.5 Å². The van der Waals surface area contributed by atoms with Gasteiger partial charge >= 0.3 is 0 Å². The average molecular weight is 341 g/mol. The van der Waals surface area contributed by atoms with Gasteiger partial charge in [-0.1, -0.05) is 6.42 Å². The molecule has 0 aromatic heterocycles. The van der Waals surface area contributed by atoms with E-state index >= 15 is 0 Å². The molecule has 2 aliphatic rings. The highest BCUT2D eigenvalue weighted by Crippen LogP contribution is 2.36. The number of rotatable bonds is 3. The summed E-state index contributed by atoms with van der Waals surface area (Å²) in [5.41, 5.74) is 6.85. The Hall–Kier alpha value is -1.46. The largest absolute Gasteiger partial charge is 0.497 e. The lowest BCUT2D eigenvalue weighted by Gasteiger charge is -2.29. The lowest BCUT2D eigenvalue weighted by Crippen LogP contribution is -2.38. The first-order valence-corrected chi connectivity index (χ1v) is 7.90. The number of methoxy groups -OCH3 is 2. The van der Waals surface area contributed by atoms with Crippen LogP contribution in [0.4, 0.5) is 0 Å². The van der Waals surface area contributed by atoms with Crippen molar-refractivity contribution in [3.05, 3.63) is 23.8 Å². The predicted molar refractivity (Wildman–Crippen MR) is 91.5 cm³/mol. The lowest BCUT2D eigenvalue weighted by molar-refractivity contribution is 0.0782. The van der Waals surface area contributed by atoms with E-state index in [1.165, 1.54) is 12.8 Å². The van der Waals surface area contributed by atoms with Crippen molar-refractivity contribution >= 4 is 18.3 Å². The van der Waals surface area contributed by atoms with Crippen molar-refractivity contribution in [3.63, 3.8) is 0 Å². The molecule has 3 unspecified atom stereocenters. The molecule has 3 atom stereocenters. The van der Waals surface area contributed by atoms with Crippen molar-refractivity contribution in [2.45, 2.75) is 25.3 Å². The number of nitrogens with zero attached hydrogens (tertiary/aromatic N) is 1. The van der Waals surface area contributed by atoms with E-state index in [2.05, 4.69) is 0 Å². The van der Waals surface area contributed by atoms with Crippen LogP contribution in [-0.4, -0.2) is 44.2 Å². The highest BCUT2D eigenvalue weighted by molar-refractivity contribution is 5.95. The number of likely N-dealkylation sites (tertiary alicyclic amines) is 1. The van der Waals surface area contributed by atoms with Crippen LogP contribution in [0, 0.1) is 11.8 Å². The van der Waals surface area contributed by atoms with E-state index in [1.54, 1.807) is 32.4 Å². The van der Waals surface area contributed by atoms with Gasteiger partial charge in [-0.2, -0.15) is 0 Å². The Bertz CT molecular complexity index is 545. The van der Waals surface area contributed by atoms with Crippen LogP contribution in [0.1, 0.15) is 29.6 Å². The van der Waals surface area contributed by atoms with Crippen LogP contribution in [0.25, 0.3) is 0 Å². The Morgan fingerprint density at radius 2 is 1.78 bits per heavy atom. The molecule has 5 nitrogen and oxygen atoms in total. The van der Waals surface area contributed by atoms with Gasteiger partial charge in [0.05, 0.1) is 14.2 Å². The maximum atomic E-state index is 12.8. The summed E-state index contributed by atoms with van der Waals surface area (Å²) in [4.78, 5) is 14.7. The number of halogens is 1. The van der Waals surface area contributed by atoms with Gasteiger partial charge in [0.2, 0.25) is 0 Å². The number of fused-ring (bicyclic) bond motifs is 1. The molecule has 1 aliphatic carbocycles. The summed E-state index contributed by atoms with van der Waals surface area (Å²) in [6.07, 6.45) is 3.44. The number of nitrogens with two attached hydrogens (primary N) is 1. The summed E-state index contributed by atoms with van der Waals surface area (Å²) in [5.74, 6) is 2.32. The molecule has 2 N–H and O–H groups in total. The second-order valence-corrected chi connectivity index (χ2v) is 6.33. The van der Waals surface area contributed by atoms with Crippen LogP contribution in [-0.2, 0) is 0 Å². The van der Waals surface area contributed by atoms with Crippen LogP contribution >= 0.6 is 12.4 Å². The molecule has 128 valence electrons. The third kappa shape index (κ3) is 3.56. The molecular weight excluding hydrogens is 316 g/mol. The fourth-order valence-corrected chi connectivity index (χ4v) is 3.80. The fourth-order valence-electron chi connectivity index (χ4n) is 3.80. The molecular formula is C17H25ClN2O3. The maximum absolute atomic E-state index is 12.8. The molecule has 23 heavy (non-hydrogen) atoms. The predicted octanol–water partition coefficient (Wildman–Crippen LogP) is 2.33. The van der Waals surface area contributed by atoms with Crippen molar-refractivity contribution in [1.29, 1.82) is 0 Å². The maximum Gasteiger partial charge on any atom is 0.254 e. The Morgan fingerprint density at radius 1 is 1.13 bits per heavy atom. The molecule has 0 radical (unpaired) electrons. The second-order valence-electron chi connectivity index (χ2n) is 6.33. The first-order valence-electron chi connectivity index (χ1n) is 7.90. The van der Waals surface area contributed by atoms with E-state index in [-0.39, 0.29) is 24.4 Å². The molecule has 2 fully saturated rings. The van der Waals surface area contributed by atoms with Crippen LogP contribution in [0.5, 0.6) is 11.5 Å². The van der Waals surface area contributed by atoms with Gasteiger partial charge in [0.25, 0.3) is 5.91 Å². The zero-order valence-electron chi connectivity index (χ0n) is 13.7. The Morgan fingerprint density at radius 3 is 2.35 bits per heavy atom. The number of ether oxygens (including phenoxy) is 2. The highest BCUT2D eigenvalue weighted by Gasteiger charge is 2.40. The summed E-state index contributed by atoms with van der Waals surface area (Å²) in [6, 6.07) is 5.55. The number of hydrogen-bond acceptors (Lipinski definition) is 4. The van der Waals surface area contributed by atoms with Crippen molar-refractivity contribution in [2.75, 3.05) is 27.3 Å². The molecule has 0 bridgehead atoms. The second kappa shape index (κ2) is 7.41. The van der Waals surface area contributed by atoms with E-state index in [4.69, 9.17) is 15.2 Å². The zero-order chi connectivity index (χ0) is 15.7. The Labute approximate surface area is 143 Å². The topological polar surface area (TPSA) is 64.8 Å². The third-order valence-corrected chi connectivity index (χ3v) is 5.04. The molecule has 6 heteroatoms. The minimum Gasteiger partial charge on any atom is -0.497 e. The number of carbonyl (C=O) groups excluding carboxylic acids is 1. The third-order valence-electron chi connectivity index (χ3n) is 5.04. The number of carbonyl (C=O) groups is 1. The van der Waals surface area contributed by atoms with E-state index in [9.17, 15) is 4.79 Å². The summed E-state index contributed by atoms with van der Waals surface area (Å²) < 4.78 is 10.5. The number of amides is 1. The monoisotopic (exact) mass is 340 g/mol. The van der Waals surface area contributed by atoms with Gasteiger partial charge in [-0.15, -0.1) is 12.4 Å². The van der Waals surface area contributed by atoms with Crippen LogP contribution in [0.2, 0.25) is 0 Å². The van der Waals surface area contributed by atoms with Gasteiger partial charge in [-0.25, -0.2) is 0 Å². The van der Waals surface area contributed by atoms with E-state index in [0.29, 0.717) is 28.9 Å². The van der Waals surface area contributed by atoms with Crippen molar-refractivity contribution in [2.24, 2.45) is 17.6 Å². The quantitative estimate of drug-likeness (QED) is 0.917. The molecule has 1 saturated carbocycles. The number of benzene rings is 1. The Balaban J connectivity index is 0.00000192. The van der Waals surface area contributed by atoms with E-state index < -0.39 is 0 Å². The summed E-state index contributed by atoms with van der Waals surface area (Å²) >= 11 is 0. The van der Waals surface area contributed by atoms with E-state index in [1.807, 2.05) is 4.90 Å². The van der Waals surface area contributed by atoms with Crippen LogP contribution in [0.15, 0.2) is 18.2 Å². The summed E-state index contributed by atoms with van der Waals surface area (Å²) in [7, 11) is 3.18. The van der Waals surface area contributed by atoms with Crippen LogP contribution in [0.3, 0.4) is 0 Å². The van der Waals surface area contributed by atoms with Gasteiger partial charge in [0, 0.05) is 30.8 Å². The summed E-state index contributed by atoms with van der Waals surface area (Å²) in [5, 5.41) is 0. The molecule has 0 spiro atoms. The van der Waals surface area contributed by atoms with Gasteiger partial charge in [-0.05, 0) is 36.8 Å². The highest BCUT2D eigenvalue weighted by atomic mass is 35.5. The van der Waals surface area contributed by atoms with E-state index in [0.717, 1.165) is 19.5 Å². The van der Waals surface area contributed by atoms with Crippen molar-refractivity contribution in [3.8, 4) is 11.5 Å². The minimum absolute atomic E-state index is 0. The molecule has 1 aliphatic heterocycles. The fraction of sp³-hybridized carbons (Fsp3) is 0.588. The summed E-state index contributed by atoms with van der Waals surface area (Å²) in [6.45, 7) is 1.58. The number of hydrogen-bond donors (Lipinski definition) is 1. The molecule has 1 aromatic rings. The lowest BCUT2D eigenvalue weighted by atomic mass is 9.78. The first-order chi connectivity index (χ1) is 10.6. The van der Waals surface area contributed by atoms with Gasteiger partial charge < -0.3 is 20.1 Å². The SMILES string of the molecule is COc1cc(OC)cc(C(=O)N2CC3CCCC(N)C3C2)c1.Cl. The first kappa shape index (κ1) is 17.9. The smallest absolute Gasteiger partial charge is 0.254 e. The van der Waals surface area contributed by atoms with Crippen LogP contribution < -0.4 is 15.2 Å². The molecule has 3 rings (SSSR count). The minimum atomic E-state index is 0. The standard InChI is InChI=1S/C17H24N2O3.ClH/c1-21-13-6-12(7-14(8-13)22-2)17(20)19-9-11-4-3-5-16(18)15(11)10-19;/h6-8,11,15-16H,3-5,9-10,18H2,1-2H3;1H. The van der Waals surface area contributed by atoms with Gasteiger partial charge in [0.15, 0.2) is 0 Å². The molecule has 1 aromatic carbocycles. The Kier molecular flexibility index (Phi) is 5.76. The normalized spacial score (nSPS) is 26.2. The van der Waals surface area contributed by atoms with Gasteiger partial charge in [-0.3, -0.25) is 4.79 Å². The molecule has 1 heterocycles.